The number of aldehydes is 1. The van der Waals surface area contributed by atoms with E-state index in [0.29, 0.717) is 17.6 Å². The Balaban J connectivity index is 2.55. The fourth-order valence-electron chi connectivity index (χ4n) is 2.80. The molecular weight excluding hydrogens is 328 g/mol. The van der Waals surface area contributed by atoms with Crippen molar-refractivity contribution in [2.24, 2.45) is 0 Å². The van der Waals surface area contributed by atoms with Gasteiger partial charge < -0.3 is 9.53 Å². The van der Waals surface area contributed by atoms with Crippen molar-refractivity contribution in [2.45, 2.75) is 18.8 Å². The second kappa shape index (κ2) is 8.00. The first-order valence-corrected chi connectivity index (χ1v) is 7.46. The molecule has 2 rings (SSSR count). The van der Waals surface area contributed by atoms with Crippen LogP contribution in [-0.4, -0.2) is 23.2 Å². The second-order valence-electron chi connectivity index (χ2n) is 5.33. The molecule has 0 radical (unpaired) electrons. The maximum atomic E-state index is 11.3. The molecule has 0 amide bonds. The monoisotopic (exact) mass is 344 g/mol. The Labute approximate surface area is 143 Å². The quantitative estimate of drug-likeness (QED) is 0.412. The number of carbonyl (C=O) groups is 1. The van der Waals surface area contributed by atoms with E-state index < -0.39 is 15.8 Å². The first-order valence-electron chi connectivity index (χ1n) is 7.46. The minimum absolute atomic E-state index is 0.00439. The third-order valence-electron chi connectivity index (χ3n) is 3.93. The highest BCUT2D eigenvalue weighted by atomic mass is 16.6. The highest BCUT2D eigenvalue weighted by Gasteiger charge is 2.28. The molecule has 25 heavy (non-hydrogen) atoms. The van der Waals surface area contributed by atoms with Crippen LogP contribution in [0.2, 0.25) is 0 Å². The van der Waals surface area contributed by atoms with Crippen LogP contribution in [-0.2, 0) is 11.2 Å². The normalized spacial score (nSPS) is 11.6. The van der Waals surface area contributed by atoms with E-state index >= 15 is 0 Å². The number of hydrogen-bond acceptors (Lipinski definition) is 6. The lowest BCUT2D eigenvalue weighted by Crippen LogP contribution is -2.09. The smallest absolute Gasteiger partial charge is 0.279 e. The molecule has 0 N–H and O–H groups in total. The summed E-state index contributed by atoms with van der Waals surface area (Å²) >= 11 is 0. The van der Waals surface area contributed by atoms with Gasteiger partial charge in [0.25, 0.3) is 11.4 Å². The van der Waals surface area contributed by atoms with E-state index in [4.69, 9.17) is 4.74 Å². The molecule has 0 aromatic heterocycles. The number of rotatable bonds is 8. The van der Waals surface area contributed by atoms with Crippen LogP contribution in [0.3, 0.4) is 0 Å². The Bertz CT molecular complexity index is 773. The predicted molar refractivity (Wildman–Crippen MR) is 89.9 cm³/mol. The number of nitro benzene ring substituents is 2. The molecule has 8 nitrogen and oxygen atoms in total. The van der Waals surface area contributed by atoms with Gasteiger partial charge in [-0.15, -0.1) is 0 Å². The molecule has 0 aliphatic rings. The summed E-state index contributed by atoms with van der Waals surface area (Å²) in [6, 6.07) is 10.7. The zero-order chi connectivity index (χ0) is 18.4. The molecule has 0 fully saturated rings. The number of para-hydroxylation sites is 1. The Morgan fingerprint density at radius 1 is 1.04 bits per heavy atom. The maximum Gasteiger partial charge on any atom is 0.279 e. The molecule has 130 valence electrons. The van der Waals surface area contributed by atoms with Crippen molar-refractivity contribution in [3.63, 3.8) is 0 Å². The summed E-state index contributed by atoms with van der Waals surface area (Å²) in [6.07, 6.45) is 0.730. The van der Waals surface area contributed by atoms with Gasteiger partial charge in [0.1, 0.15) is 17.6 Å². The molecule has 2 aromatic rings. The van der Waals surface area contributed by atoms with Gasteiger partial charge >= 0.3 is 0 Å². The van der Waals surface area contributed by atoms with Crippen molar-refractivity contribution in [1.82, 2.24) is 0 Å². The van der Waals surface area contributed by atoms with Crippen LogP contribution in [0.4, 0.5) is 11.4 Å². The van der Waals surface area contributed by atoms with Gasteiger partial charge in [0.2, 0.25) is 0 Å². The summed E-state index contributed by atoms with van der Waals surface area (Å²) in [5, 5.41) is 22.6. The third-order valence-corrected chi connectivity index (χ3v) is 3.93. The summed E-state index contributed by atoms with van der Waals surface area (Å²) in [6.45, 7) is 0. The molecule has 0 spiro atoms. The van der Waals surface area contributed by atoms with E-state index in [1.54, 1.807) is 24.3 Å². The maximum absolute atomic E-state index is 11.3. The predicted octanol–water partition coefficient (Wildman–Crippen LogP) is 3.43. The Kier molecular flexibility index (Phi) is 5.78. The molecule has 1 atom stereocenters. The zero-order valence-electron chi connectivity index (χ0n) is 13.5. The van der Waals surface area contributed by atoms with E-state index in [1.807, 2.05) is 0 Å². The van der Waals surface area contributed by atoms with E-state index in [2.05, 4.69) is 0 Å². The van der Waals surface area contributed by atoms with Gasteiger partial charge in [0.05, 0.1) is 17.0 Å². The second-order valence-corrected chi connectivity index (χ2v) is 5.33. The molecule has 0 saturated carbocycles. The van der Waals surface area contributed by atoms with Gasteiger partial charge in [-0.2, -0.15) is 0 Å². The lowest BCUT2D eigenvalue weighted by molar-refractivity contribution is -0.395. The molecule has 0 bridgehead atoms. The van der Waals surface area contributed by atoms with Crippen molar-refractivity contribution in [3.8, 4) is 5.75 Å². The Morgan fingerprint density at radius 2 is 1.64 bits per heavy atom. The number of carbonyl (C=O) groups excluding carboxylic acids is 1. The lowest BCUT2D eigenvalue weighted by atomic mass is 9.88. The van der Waals surface area contributed by atoms with Crippen LogP contribution in [0, 0.1) is 20.2 Å². The number of benzene rings is 2. The van der Waals surface area contributed by atoms with Gasteiger partial charge in [0, 0.05) is 18.6 Å². The van der Waals surface area contributed by atoms with Crippen molar-refractivity contribution in [1.29, 1.82) is 0 Å². The van der Waals surface area contributed by atoms with Crippen LogP contribution in [0.1, 0.15) is 23.5 Å². The first kappa shape index (κ1) is 18.1. The minimum Gasteiger partial charge on any atom is -0.496 e. The highest BCUT2D eigenvalue weighted by Crippen LogP contribution is 2.37. The third kappa shape index (κ3) is 3.97. The fraction of sp³-hybridized carbons (Fsp3) is 0.235. The topological polar surface area (TPSA) is 113 Å². The molecule has 0 aliphatic carbocycles. The van der Waals surface area contributed by atoms with Crippen molar-refractivity contribution >= 4 is 17.7 Å². The van der Waals surface area contributed by atoms with Gasteiger partial charge in [0.15, 0.2) is 0 Å². The van der Waals surface area contributed by atoms with Gasteiger partial charge in [-0.3, -0.25) is 20.2 Å². The Morgan fingerprint density at radius 3 is 2.16 bits per heavy atom. The minimum atomic E-state index is -0.650. The number of hydrogen-bond donors (Lipinski definition) is 0. The molecule has 0 heterocycles. The van der Waals surface area contributed by atoms with Crippen LogP contribution in [0.5, 0.6) is 5.75 Å². The zero-order valence-corrected chi connectivity index (χ0v) is 13.5. The van der Waals surface area contributed by atoms with Gasteiger partial charge in [-0.25, -0.2) is 0 Å². The fourth-order valence-corrected chi connectivity index (χ4v) is 2.80. The highest BCUT2D eigenvalue weighted by molar-refractivity contribution is 5.57. The van der Waals surface area contributed by atoms with Crippen LogP contribution in [0.15, 0.2) is 42.5 Å². The van der Waals surface area contributed by atoms with E-state index in [9.17, 15) is 25.0 Å². The number of ether oxygens (including phenoxy) is 1. The summed E-state index contributed by atoms with van der Waals surface area (Å²) in [4.78, 5) is 32.4. The van der Waals surface area contributed by atoms with E-state index in [-0.39, 0.29) is 29.8 Å². The average molecular weight is 344 g/mol. The molecule has 2 aromatic carbocycles. The number of nitro groups is 2. The van der Waals surface area contributed by atoms with Crippen molar-refractivity contribution in [3.05, 3.63) is 73.8 Å². The molecule has 0 saturated heterocycles. The van der Waals surface area contributed by atoms with Crippen LogP contribution in [0.25, 0.3) is 0 Å². The van der Waals surface area contributed by atoms with Gasteiger partial charge in [-0.1, -0.05) is 18.2 Å². The molecule has 8 heteroatoms. The van der Waals surface area contributed by atoms with Crippen molar-refractivity contribution in [2.75, 3.05) is 7.11 Å². The standard InChI is InChI=1S/C17H16N2O6/c1-25-17-8-3-2-5-13(17)12(9-10-20)11-14-15(18(21)22)6-4-7-16(14)19(23)24/h2-8,10,12H,9,11H2,1H3/t12-/m1/s1. The molecule has 0 unspecified atom stereocenters. The number of nitrogens with zero attached hydrogens (tertiary/aromatic N) is 2. The number of methoxy groups -OCH3 is 1. The molecular formula is C17H16N2O6. The SMILES string of the molecule is COc1ccccc1[C@H](CC=O)Cc1c([N+](=O)[O-])cccc1[N+](=O)[O-]. The largest absolute Gasteiger partial charge is 0.496 e. The van der Waals surface area contributed by atoms with E-state index in [1.165, 1.54) is 25.3 Å². The summed E-state index contributed by atoms with van der Waals surface area (Å²) in [5.74, 6) is 0.0454. The summed E-state index contributed by atoms with van der Waals surface area (Å²) < 4.78 is 5.28. The Hall–Kier alpha value is -3.29. The van der Waals surface area contributed by atoms with Gasteiger partial charge in [-0.05, 0) is 30.0 Å². The van der Waals surface area contributed by atoms with Crippen molar-refractivity contribution < 1.29 is 19.4 Å². The van der Waals surface area contributed by atoms with Crippen LogP contribution < -0.4 is 4.74 Å². The summed E-state index contributed by atoms with van der Waals surface area (Å²) in [5.41, 5.74) is -0.000186. The first-order chi connectivity index (χ1) is 12.0. The molecule has 0 aliphatic heterocycles. The lowest BCUT2D eigenvalue weighted by Gasteiger charge is -2.18. The summed E-state index contributed by atoms with van der Waals surface area (Å²) in [7, 11) is 1.48. The van der Waals surface area contributed by atoms with E-state index in [0.717, 1.165) is 0 Å². The average Bonchev–Trinajstić information content (AvgIpc) is 2.61. The van der Waals surface area contributed by atoms with Crippen LogP contribution >= 0.6 is 0 Å².